The average Bonchev–Trinajstić information content (AvgIpc) is 2.53. The Morgan fingerprint density at radius 1 is 1.09 bits per heavy atom. The highest BCUT2D eigenvalue weighted by molar-refractivity contribution is 7.99. The molecule has 5 heteroatoms. The fraction of sp³-hybridized carbons (Fsp3) is 0.176. The number of nitrogens with one attached hydrogen (secondary N) is 1. The monoisotopic (exact) mass is 314 g/mol. The van der Waals surface area contributed by atoms with Gasteiger partial charge in [-0.05, 0) is 24.6 Å². The summed E-state index contributed by atoms with van der Waals surface area (Å²) in [5.41, 5.74) is 7.24. The molecule has 4 nitrogen and oxygen atoms in total. The Morgan fingerprint density at radius 2 is 1.73 bits per heavy atom. The van der Waals surface area contributed by atoms with Gasteiger partial charge in [0.25, 0.3) is 5.91 Å². The summed E-state index contributed by atoms with van der Waals surface area (Å²) in [6.45, 7) is 1.84. The number of para-hydroxylation sites is 1. The van der Waals surface area contributed by atoms with E-state index in [9.17, 15) is 9.59 Å². The van der Waals surface area contributed by atoms with Crippen molar-refractivity contribution in [1.82, 2.24) is 0 Å². The molecule has 0 saturated carbocycles. The van der Waals surface area contributed by atoms with Crippen LogP contribution in [0.15, 0.2) is 54.6 Å². The highest BCUT2D eigenvalue weighted by atomic mass is 32.2. The van der Waals surface area contributed by atoms with Crippen LogP contribution in [0.5, 0.6) is 0 Å². The van der Waals surface area contributed by atoms with Gasteiger partial charge in [0, 0.05) is 5.75 Å². The first kappa shape index (κ1) is 16.1. The molecule has 0 heterocycles. The molecule has 0 bridgehead atoms. The SMILES string of the molecule is C[C@@H](SCc1ccccc1)C(=O)Nc1ccccc1C(N)=O. The van der Waals surface area contributed by atoms with Crippen molar-refractivity contribution in [3.8, 4) is 0 Å². The first-order valence-corrected chi connectivity index (χ1v) is 7.98. The van der Waals surface area contributed by atoms with E-state index in [4.69, 9.17) is 5.73 Å². The van der Waals surface area contributed by atoms with Gasteiger partial charge in [-0.1, -0.05) is 42.5 Å². The third-order valence-electron chi connectivity index (χ3n) is 3.16. The molecule has 2 rings (SSSR count). The van der Waals surface area contributed by atoms with Crippen LogP contribution in [0.2, 0.25) is 0 Å². The summed E-state index contributed by atoms with van der Waals surface area (Å²) in [5, 5.41) is 2.53. The Morgan fingerprint density at radius 3 is 2.41 bits per heavy atom. The zero-order chi connectivity index (χ0) is 15.9. The Bertz CT molecular complexity index is 659. The quantitative estimate of drug-likeness (QED) is 0.861. The number of amides is 2. The standard InChI is InChI=1S/C17H18N2O2S/c1-12(22-11-13-7-3-2-4-8-13)17(21)19-15-10-6-5-9-14(15)16(18)20/h2-10,12H,11H2,1H3,(H2,18,20)(H,19,21)/t12-/m1/s1. The van der Waals surface area contributed by atoms with Gasteiger partial charge in [0.05, 0.1) is 16.5 Å². The Balaban J connectivity index is 1.96. The summed E-state index contributed by atoms with van der Waals surface area (Å²) in [7, 11) is 0. The van der Waals surface area contributed by atoms with E-state index in [0.717, 1.165) is 5.75 Å². The second-order valence-electron chi connectivity index (χ2n) is 4.84. The summed E-state index contributed by atoms with van der Waals surface area (Å²) in [4.78, 5) is 23.6. The maximum atomic E-state index is 12.2. The first-order chi connectivity index (χ1) is 10.6. The van der Waals surface area contributed by atoms with Crippen LogP contribution in [0.1, 0.15) is 22.8 Å². The van der Waals surface area contributed by atoms with Crippen LogP contribution in [-0.2, 0) is 10.5 Å². The molecule has 1 atom stereocenters. The summed E-state index contributed by atoms with van der Waals surface area (Å²) in [6.07, 6.45) is 0. The lowest BCUT2D eigenvalue weighted by atomic mass is 10.1. The van der Waals surface area contributed by atoms with E-state index in [-0.39, 0.29) is 11.2 Å². The van der Waals surface area contributed by atoms with Crippen LogP contribution < -0.4 is 11.1 Å². The molecule has 0 unspecified atom stereocenters. The van der Waals surface area contributed by atoms with Crippen molar-refractivity contribution in [3.63, 3.8) is 0 Å². The van der Waals surface area contributed by atoms with Crippen LogP contribution in [-0.4, -0.2) is 17.1 Å². The zero-order valence-electron chi connectivity index (χ0n) is 12.3. The highest BCUT2D eigenvalue weighted by Crippen LogP contribution is 2.20. The van der Waals surface area contributed by atoms with Crippen molar-refractivity contribution in [2.24, 2.45) is 5.73 Å². The summed E-state index contributed by atoms with van der Waals surface area (Å²) < 4.78 is 0. The lowest BCUT2D eigenvalue weighted by molar-refractivity contribution is -0.115. The second kappa shape index (κ2) is 7.66. The molecule has 3 N–H and O–H groups in total. The number of nitrogens with two attached hydrogens (primary N) is 1. The smallest absolute Gasteiger partial charge is 0.250 e. The molecule has 0 aromatic heterocycles. The molecule has 114 valence electrons. The molecule has 0 aliphatic carbocycles. The van der Waals surface area contributed by atoms with Crippen LogP contribution >= 0.6 is 11.8 Å². The van der Waals surface area contributed by atoms with Crippen LogP contribution in [0.4, 0.5) is 5.69 Å². The molecule has 0 spiro atoms. The largest absolute Gasteiger partial charge is 0.366 e. The van der Waals surface area contributed by atoms with Crippen molar-refractivity contribution < 1.29 is 9.59 Å². The fourth-order valence-electron chi connectivity index (χ4n) is 1.91. The topological polar surface area (TPSA) is 72.2 Å². The van der Waals surface area contributed by atoms with E-state index in [0.29, 0.717) is 11.3 Å². The molecule has 2 aromatic rings. The number of anilines is 1. The van der Waals surface area contributed by atoms with E-state index >= 15 is 0 Å². The van der Waals surface area contributed by atoms with Crippen LogP contribution in [0.3, 0.4) is 0 Å². The Hall–Kier alpha value is -2.27. The minimum atomic E-state index is -0.555. The van der Waals surface area contributed by atoms with Crippen molar-refractivity contribution in [2.45, 2.75) is 17.9 Å². The number of rotatable bonds is 6. The first-order valence-electron chi connectivity index (χ1n) is 6.93. The number of carbonyl (C=O) groups excluding carboxylic acids is 2. The van der Waals surface area contributed by atoms with Crippen molar-refractivity contribution in [2.75, 3.05) is 5.32 Å². The third kappa shape index (κ3) is 4.36. The van der Waals surface area contributed by atoms with E-state index < -0.39 is 5.91 Å². The van der Waals surface area contributed by atoms with E-state index in [1.165, 1.54) is 5.56 Å². The highest BCUT2D eigenvalue weighted by Gasteiger charge is 2.16. The van der Waals surface area contributed by atoms with Gasteiger partial charge in [-0.15, -0.1) is 11.8 Å². The number of hydrogen-bond donors (Lipinski definition) is 2. The normalized spacial score (nSPS) is 11.7. The van der Waals surface area contributed by atoms with Crippen molar-refractivity contribution >= 4 is 29.3 Å². The number of benzene rings is 2. The molecule has 22 heavy (non-hydrogen) atoms. The van der Waals surface area contributed by atoms with E-state index in [2.05, 4.69) is 5.32 Å². The predicted molar refractivity (Wildman–Crippen MR) is 90.8 cm³/mol. The van der Waals surface area contributed by atoms with E-state index in [1.807, 2.05) is 37.3 Å². The van der Waals surface area contributed by atoms with Crippen LogP contribution in [0.25, 0.3) is 0 Å². The molecule has 0 aliphatic heterocycles. The van der Waals surface area contributed by atoms with Crippen molar-refractivity contribution in [3.05, 3.63) is 65.7 Å². The van der Waals surface area contributed by atoms with Crippen LogP contribution in [0, 0.1) is 0 Å². The second-order valence-corrected chi connectivity index (χ2v) is 6.17. The summed E-state index contributed by atoms with van der Waals surface area (Å²) in [5.74, 6) is 0.0579. The lowest BCUT2D eigenvalue weighted by Gasteiger charge is -2.13. The Kier molecular flexibility index (Phi) is 5.61. The molecule has 2 aromatic carbocycles. The van der Waals surface area contributed by atoms with Gasteiger partial charge >= 0.3 is 0 Å². The van der Waals surface area contributed by atoms with Crippen molar-refractivity contribution in [1.29, 1.82) is 0 Å². The van der Waals surface area contributed by atoms with Gasteiger partial charge in [-0.25, -0.2) is 0 Å². The van der Waals surface area contributed by atoms with Gasteiger partial charge in [0.1, 0.15) is 0 Å². The van der Waals surface area contributed by atoms with E-state index in [1.54, 1.807) is 36.0 Å². The Labute approximate surface area is 134 Å². The third-order valence-corrected chi connectivity index (χ3v) is 4.38. The number of primary amides is 1. The molecule has 0 fully saturated rings. The summed E-state index contributed by atoms with van der Waals surface area (Å²) in [6, 6.07) is 16.7. The maximum Gasteiger partial charge on any atom is 0.250 e. The predicted octanol–water partition coefficient (Wildman–Crippen LogP) is 3.05. The fourth-order valence-corrected chi connectivity index (χ4v) is 2.76. The van der Waals surface area contributed by atoms with Gasteiger partial charge in [-0.3, -0.25) is 9.59 Å². The molecular weight excluding hydrogens is 296 g/mol. The number of hydrogen-bond acceptors (Lipinski definition) is 3. The van der Waals surface area contributed by atoms with Gasteiger partial charge in [0.2, 0.25) is 5.91 Å². The lowest BCUT2D eigenvalue weighted by Crippen LogP contribution is -2.24. The molecule has 0 radical (unpaired) electrons. The molecular formula is C17H18N2O2S. The van der Waals surface area contributed by atoms with Gasteiger partial charge in [0.15, 0.2) is 0 Å². The average molecular weight is 314 g/mol. The summed E-state index contributed by atoms with van der Waals surface area (Å²) >= 11 is 1.54. The molecule has 0 aliphatic rings. The minimum Gasteiger partial charge on any atom is -0.366 e. The molecule has 2 amide bonds. The molecule has 0 saturated heterocycles. The minimum absolute atomic E-state index is 0.144. The number of carbonyl (C=O) groups is 2. The zero-order valence-corrected chi connectivity index (χ0v) is 13.1. The number of thioether (sulfide) groups is 1. The maximum absolute atomic E-state index is 12.2. The van der Waals surface area contributed by atoms with Gasteiger partial charge in [-0.2, -0.15) is 0 Å². The van der Waals surface area contributed by atoms with Gasteiger partial charge < -0.3 is 11.1 Å².